The summed E-state index contributed by atoms with van der Waals surface area (Å²) in [5, 5.41) is 3.23. The second-order valence-electron chi connectivity index (χ2n) is 6.45. The van der Waals surface area contributed by atoms with Crippen molar-refractivity contribution in [3.05, 3.63) is 65.1 Å². The van der Waals surface area contributed by atoms with E-state index in [1.165, 1.54) is 30.0 Å². The number of fused-ring (bicyclic) bond motifs is 1. The van der Waals surface area contributed by atoms with E-state index in [4.69, 9.17) is 4.74 Å². The van der Waals surface area contributed by atoms with Crippen molar-refractivity contribution >= 4 is 28.3 Å². The number of esters is 1. The smallest absolute Gasteiger partial charge is 0.481 e. The average molecular weight is 450 g/mol. The van der Waals surface area contributed by atoms with Crippen LogP contribution in [0.25, 0.3) is 10.8 Å². The Morgan fingerprint density at radius 2 is 1.75 bits per heavy atom. The van der Waals surface area contributed by atoms with Crippen LogP contribution in [0.3, 0.4) is 0 Å². The van der Waals surface area contributed by atoms with Crippen LogP contribution in [0.4, 0.5) is 18.9 Å². The van der Waals surface area contributed by atoms with Crippen molar-refractivity contribution in [1.29, 1.82) is 0 Å². The number of benzene rings is 2. The highest BCUT2D eigenvalue weighted by atomic mass is 19.4. The molecule has 0 aliphatic carbocycles. The number of anilines is 1. The Morgan fingerprint density at radius 3 is 2.41 bits per heavy atom. The molecule has 2 aromatic carbocycles. The zero-order valence-electron chi connectivity index (χ0n) is 16.6. The summed E-state index contributed by atoms with van der Waals surface area (Å²) in [6.45, 7) is -0.656. The Morgan fingerprint density at radius 1 is 1.03 bits per heavy atom. The Hall–Kier alpha value is -4.02. The lowest BCUT2D eigenvalue weighted by Gasteiger charge is -2.12. The summed E-state index contributed by atoms with van der Waals surface area (Å²) in [4.78, 5) is 36.3. The van der Waals surface area contributed by atoms with Gasteiger partial charge in [-0.15, -0.1) is 13.2 Å². The molecule has 1 amide bonds. The van der Waals surface area contributed by atoms with Crippen LogP contribution in [0.1, 0.15) is 0 Å². The van der Waals surface area contributed by atoms with Crippen LogP contribution in [0, 0.1) is 0 Å². The van der Waals surface area contributed by atoms with E-state index in [0.717, 1.165) is 12.1 Å². The van der Waals surface area contributed by atoms with E-state index >= 15 is 0 Å². The van der Waals surface area contributed by atoms with Crippen molar-refractivity contribution in [3.8, 4) is 11.5 Å². The van der Waals surface area contributed by atoms with E-state index in [1.54, 1.807) is 24.3 Å². The maximum Gasteiger partial charge on any atom is 0.573 e. The van der Waals surface area contributed by atoms with Crippen molar-refractivity contribution < 1.29 is 37.0 Å². The fraction of sp³-hybridized carbons (Fsp3) is 0.190. The number of ether oxygens (including phenoxy) is 3. The second-order valence-corrected chi connectivity index (χ2v) is 6.45. The molecule has 0 radical (unpaired) electrons. The van der Waals surface area contributed by atoms with Crippen molar-refractivity contribution in [1.82, 2.24) is 4.57 Å². The van der Waals surface area contributed by atoms with Gasteiger partial charge in [0.25, 0.3) is 5.56 Å². The summed E-state index contributed by atoms with van der Waals surface area (Å²) in [5.41, 5.74) is -0.230. The number of aromatic nitrogens is 1. The van der Waals surface area contributed by atoms with Gasteiger partial charge >= 0.3 is 12.3 Å². The van der Waals surface area contributed by atoms with Crippen LogP contribution in [0.5, 0.6) is 11.5 Å². The maximum absolute atomic E-state index is 12.8. The van der Waals surface area contributed by atoms with Gasteiger partial charge in [-0.3, -0.25) is 9.59 Å². The SMILES string of the molecule is COC(=O)COc1cccc2c(=O)n(CC(=O)Nc3ccc(OC(F)(F)F)cc3)ccc12. The molecule has 0 fully saturated rings. The standard InChI is InChI=1S/C21H17F3N2O6/c1-30-19(28)12-31-17-4-2-3-16-15(17)9-10-26(20(16)29)11-18(27)25-13-5-7-14(8-6-13)32-21(22,23)24/h2-10H,11-12H2,1H3,(H,25,27). The molecule has 3 rings (SSSR count). The van der Waals surface area contributed by atoms with E-state index in [0.29, 0.717) is 11.1 Å². The number of amides is 1. The molecule has 1 N–H and O–H groups in total. The van der Waals surface area contributed by atoms with Crippen molar-refractivity contribution in [2.45, 2.75) is 12.9 Å². The lowest BCUT2D eigenvalue weighted by Crippen LogP contribution is -2.27. The van der Waals surface area contributed by atoms with Crippen molar-refractivity contribution in [2.24, 2.45) is 0 Å². The Balaban J connectivity index is 1.72. The van der Waals surface area contributed by atoms with E-state index in [-0.39, 0.29) is 24.2 Å². The number of halogens is 3. The Kier molecular flexibility index (Phi) is 6.67. The number of hydrogen-bond acceptors (Lipinski definition) is 6. The number of pyridine rings is 1. The Labute approximate surface area is 179 Å². The van der Waals surface area contributed by atoms with Crippen LogP contribution in [-0.4, -0.2) is 36.5 Å². The average Bonchev–Trinajstić information content (AvgIpc) is 2.74. The molecule has 0 spiro atoms. The molecule has 0 aliphatic rings. The van der Waals surface area contributed by atoms with Gasteiger partial charge in [-0.05, 0) is 42.5 Å². The number of hydrogen-bond donors (Lipinski definition) is 1. The van der Waals surface area contributed by atoms with Crippen LogP contribution in [0.2, 0.25) is 0 Å². The predicted molar refractivity (Wildman–Crippen MR) is 107 cm³/mol. The van der Waals surface area contributed by atoms with Gasteiger partial charge in [-0.2, -0.15) is 0 Å². The van der Waals surface area contributed by atoms with Gasteiger partial charge in [-0.25, -0.2) is 4.79 Å². The third-order valence-corrected chi connectivity index (χ3v) is 4.24. The molecule has 0 saturated carbocycles. The number of rotatable bonds is 7. The molecule has 0 bridgehead atoms. The minimum Gasteiger partial charge on any atom is -0.481 e. The van der Waals surface area contributed by atoms with Gasteiger partial charge in [0.05, 0.1) is 12.5 Å². The maximum atomic E-state index is 12.8. The summed E-state index contributed by atoms with van der Waals surface area (Å²) in [5.74, 6) is -1.26. The number of alkyl halides is 3. The first-order chi connectivity index (χ1) is 15.2. The molecule has 0 unspecified atom stereocenters. The van der Waals surface area contributed by atoms with E-state index in [2.05, 4.69) is 14.8 Å². The van der Waals surface area contributed by atoms with E-state index in [1.807, 2.05) is 0 Å². The topological polar surface area (TPSA) is 95.9 Å². The fourth-order valence-electron chi connectivity index (χ4n) is 2.83. The molecule has 11 heteroatoms. The van der Waals surface area contributed by atoms with Gasteiger partial charge < -0.3 is 24.1 Å². The number of nitrogens with zero attached hydrogens (tertiary/aromatic N) is 1. The molecule has 32 heavy (non-hydrogen) atoms. The molecule has 1 heterocycles. The first-order valence-electron chi connectivity index (χ1n) is 9.14. The lowest BCUT2D eigenvalue weighted by molar-refractivity contribution is -0.274. The highest BCUT2D eigenvalue weighted by molar-refractivity contribution is 5.91. The summed E-state index contributed by atoms with van der Waals surface area (Å²) >= 11 is 0. The molecule has 3 aromatic rings. The Bertz CT molecular complexity index is 1190. The number of nitrogens with one attached hydrogen (secondary N) is 1. The summed E-state index contributed by atoms with van der Waals surface area (Å²) in [6, 6.07) is 10.9. The predicted octanol–water partition coefficient (Wildman–Crippen LogP) is 3.09. The van der Waals surface area contributed by atoms with Crippen LogP contribution in [0.15, 0.2) is 59.5 Å². The third-order valence-electron chi connectivity index (χ3n) is 4.24. The fourth-order valence-corrected chi connectivity index (χ4v) is 2.83. The highest BCUT2D eigenvalue weighted by Crippen LogP contribution is 2.24. The van der Waals surface area contributed by atoms with Gasteiger partial charge in [0.2, 0.25) is 5.91 Å². The molecule has 1 aromatic heterocycles. The minimum absolute atomic E-state index is 0.233. The molecule has 0 saturated heterocycles. The van der Waals surface area contributed by atoms with Gasteiger partial charge in [0.1, 0.15) is 18.0 Å². The molecule has 8 nitrogen and oxygen atoms in total. The summed E-state index contributed by atoms with van der Waals surface area (Å²) < 4.78 is 51.5. The third kappa shape index (κ3) is 5.78. The molecular weight excluding hydrogens is 433 g/mol. The van der Waals surface area contributed by atoms with Crippen LogP contribution < -0.4 is 20.3 Å². The second kappa shape index (κ2) is 9.41. The van der Waals surface area contributed by atoms with Crippen LogP contribution >= 0.6 is 0 Å². The lowest BCUT2D eigenvalue weighted by atomic mass is 10.1. The zero-order chi connectivity index (χ0) is 23.3. The number of carbonyl (C=O) groups excluding carboxylic acids is 2. The number of carbonyl (C=O) groups is 2. The van der Waals surface area contributed by atoms with Gasteiger partial charge in [0, 0.05) is 17.3 Å². The van der Waals surface area contributed by atoms with Crippen molar-refractivity contribution in [2.75, 3.05) is 19.0 Å². The molecule has 168 valence electrons. The summed E-state index contributed by atoms with van der Waals surface area (Å²) in [6.07, 6.45) is -3.41. The monoisotopic (exact) mass is 450 g/mol. The van der Waals surface area contributed by atoms with Gasteiger partial charge in [0.15, 0.2) is 6.61 Å². The largest absolute Gasteiger partial charge is 0.573 e. The van der Waals surface area contributed by atoms with E-state index in [9.17, 15) is 27.6 Å². The first-order valence-corrected chi connectivity index (χ1v) is 9.14. The molecule has 0 aliphatic heterocycles. The quantitative estimate of drug-likeness (QED) is 0.556. The highest BCUT2D eigenvalue weighted by Gasteiger charge is 2.30. The number of methoxy groups -OCH3 is 1. The van der Waals surface area contributed by atoms with E-state index < -0.39 is 29.5 Å². The van der Waals surface area contributed by atoms with Crippen LogP contribution in [-0.2, 0) is 20.9 Å². The normalized spacial score (nSPS) is 11.1. The zero-order valence-corrected chi connectivity index (χ0v) is 16.6. The first kappa shape index (κ1) is 22.7. The van der Waals surface area contributed by atoms with Crippen molar-refractivity contribution in [3.63, 3.8) is 0 Å². The summed E-state index contributed by atoms with van der Waals surface area (Å²) in [7, 11) is 1.23. The molecule has 0 atom stereocenters. The molecular formula is C21H17F3N2O6. The minimum atomic E-state index is -4.81. The van der Waals surface area contributed by atoms with Gasteiger partial charge in [-0.1, -0.05) is 6.07 Å².